The van der Waals surface area contributed by atoms with Crippen LogP contribution in [0.5, 0.6) is 0 Å². The summed E-state index contributed by atoms with van der Waals surface area (Å²) in [4.78, 5) is 3.80. The second kappa shape index (κ2) is 8.69. The van der Waals surface area contributed by atoms with Crippen LogP contribution in [0.25, 0.3) is 0 Å². The molecule has 0 aliphatic heterocycles. The molecule has 1 heterocycles. The molecule has 0 amide bonds. The lowest BCUT2D eigenvalue weighted by atomic mass is 10.0. The number of nitrogens with zero attached hydrogens (tertiary/aromatic N) is 1. The van der Waals surface area contributed by atoms with E-state index in [0.717, 1.165) is 18.2 Å². The van der Waals surface area contributed by atoms with Crippen molar-refractivity contribution in [1.82, 2.24) is 4.98 Å². The second-order valence-corrected chi connectivity index (χ2v) is 8.16. The number of rotatable bonds is 8. The van der Waals surface area contributed by atoms with Gasteiger partial charge in [0.15, 0.2) is 14.9 Å². The minimum Gasteiger partial charge on any atom is -0.388 e. The van der Waals surface area contributed by atoms with Gasteiger partial charge in [-0.3, -0.25) is 0 Å². The van der Waals surface area contributed by atoms with Crippen molar-refractivity contribution >= 4 is 21.4 Å². The maximum Gasteiger partial charge on any atom is 0.195 e. The monoisotopic (exact) mass is 389 g/mol. The second-order valence-electron chi connectivity index (χ2n) is 5.66. The number of benzene rings is 1. The van der Waals surface area contributed by atoms with E-state index < -0.39 is 27.6 Å². The van der Waals surface area contributed by atoms with Crippen LogP contribution in [0.1, 0.15) is 37.4 Å². The molecule has 1 atom stereocenters. The lowest BCUT2D eigenvalue weighted by molar-refractivity contribution is 0.158. The third-order valence-electron chi connectivity index (χ3n) is 3.73. The van der Waals surface area contributed by atoms with E-state index >= 15 is 0 Å². The van der Waals surface area contributed by atoms with Crippen molar-refractivity contribution in [3.63, 3.8) is 0 Å². The molecule has 0 saturated heterocycles. The summed E-state index contributed by atoms with van der Waals surface area (Å²) in [6, 6.07) is 5.75. The predicted octanol–water partition coefficient (Wildman–Crippen LogP) is 4.08. The van der Waals surface area contributed by atoms with Crippen LogP contribution in [0.4, 0.5) is 8.78 Å². The highest BCUT2D eigenvalue weighted by Crippen LogP contribution is 2.23. The van der Waals surface area contributed by atoms with E-state index in [4.69, 9.17) is 11.6 Å². The zero-order valence-corrected chi connectivity index (χ0v) is 14.9. The standard InChI is InChI=1S/C17H18ClF2NO3S/c18-12-5-8-17(21-11-12)25(23,24)9-3-1-2-4-16(22)14-10-13(19)6-7-15(14)20/h5-8,10-11,16,22H,1-4,9H2. The number of hydrogen-bond acceptors (Lipinski definition) is 4. The summed E-state index contributed by atoms with van der Waals surface area (Å²) in [5.41, 5.74) is -0.0852. The molecule has 8 heteroatoms. The van der Waals surface area contributed by atoms with Gasteiger partial charge >= 0.3 is 0 Å². The number of aliphatic hydroxyl groups excluding tert-OH is 1. The molecule has 0 saturated carbocycles. The Bertz CT molecular complexity index is 813. The highest BCUT2D eigenvalue weighted by molar-refractivity contribution is 7.91. The molecule has 1 unspecified atom stereocenters. The molecular formula is C17H18ClF2NO3S. The van der Waals surface area contributed by atoms with Crippen LogP contribution in [0.3, 0.4) is 0 Å². The van der Waals surface area contributed by atoms with Gasteiger partial charge in [0.2, 0.25) is 0 Å². The molecular weight excluding hydrogens is 372 g/mol. The molecule has 0 radical (unpaired) electrons. The van der Waals surface area contributed by atoms with E-state index in [1.54, 1.807) is 0 Å². The molecule has 2 rings (SSSR count). The Morgan fingerprint density at radius 1 is 1.12 bits per heavy atom. The Kier molecular flexibility index (Phi) is 6.87. The molecule has 1 aromatic carbocycles. The summed E-state index contributed by atoms with van der Waals surface area (Å²) < 4.78 is 50.9. The Labute approximate surface area is 150 Å². The molecule has 136 valence electrons. The summed E-state index contributed by atoms with van der Waals surface area (Å²) in [7, 11) is -3.48. The molecule has 1 N–H and O–H groups in total. The fourth-order valence-electron chi connectivity index (χ4n) is 2.38. The van der Waals surface area contributed by atoms with E-state index in [0.29, 0.717) is 24.3 Å². The van der Waals surface area contributed by atoms with Gasteiger partial charge in [0.25, 0.3) is 0 Å². The van der Waals surface area contributed by atoms with E-state index in [9.17, 15) is 22.3 Å². The Hall–Kier alpha value is -1.57. The zero-order chi connectivity index (χ0) is 18.4. The number of unbranched alkanes of at least 4 members (excludes halogenated alkanes) is 2. The SMILES string of the molecule is O=S(=O)(CCCCCC(O)c1cc(F)ccc1F)c1ccc(Cl)cn1. The number of hydrogen-bond donors (Lipinski definition) is 1. The first kappa shape index (κ1) is 19.8. The van der Waals surface area contributed by atoms with Crippen molar-refractivity contribution in [3.8, 4) is 0 Å². The molecule has 0 spiro atoms. The van der Waals surface area contributed by atoms with Crippen LogP contribution in [0.2, 0.25) is 5.02 Å². The summed E-state index contributed by atoms with van der Waals surface area (Å²) in [5.74, 6) is -1.35. The van der Waals surface area contributed by atoms with Gasteiger partial charge in [-0.05, 0) is 43.2 Å². The fourth-order valence-corrected chi connectivity index (χ4v) is 3.78. The average molecular weight is 390 g/mol. The van der Waals surface area contributed by atoms with E-state index in [-0.39, 0.29) is 22.8 Å². The van der Waals surface area contributed by atoms with Gasteiger partial charge in [0.1, 0.15) is 11.6 Å². The first-order valence-electron chi connectivity index (χ1n) is 7.77. The van der Waals surface area contributed by atoms with Gasteiger partial charge in [-0.15, -0.1) is 0 Å². The summed E-state index contributed by atoms with van der Waals surface area (Å²) in [6.45, 7) is 0. The van der Waals surface area contributed by atoms with Crippen molar-refractivity contribution in [2.45, 2.75) is 36.8 Å². The quantitative estimate of drug-likeness (QED) is 0.691. The minimum absolute atomic E-state index is 0.0289. The summed E-state index contributed by atoms with van der Waals surface area (Å²) >= 11 is 5.68. The summed E-state index contributed by atoms with van der Waals surface area (Å²) in [5, 5.41) is 10.3. The molecule has 25 heavy (non-hydrogen) atoms. The highest BCUT2D eigenvalue weighted by Gasteiger charge is 2.16. The largest absolute Gasteiger partial charge is 0.388 e. The van der Waals surface area contributed by atoms with Crippen LogP contribution < -0.4 is 0 Å². The third kappa shape index (κ3) is 5.73. The van der Waals surface area contributed by atoms with Crippen LogP contribution in [-0.4, -0.2) is 24.3 Å². The van der Waals surface area contributed by atoms with Crippen LogP contribution in [0.15, 0.2) is 41.6 Å². The van der Waals surface area contributed by atoms with Crippen LogP contribution in [-0.2, 0) is 9.84 Å². The molecule has 1 aromatic heterocycles. The molecule has 2 aromatic rings. The Morgan fingerprint density at radius 2 is 1.88 bits per heavy atom. The fraction of sp³-hybridized carbons (Fsp3) is 0.353. The van der Waals surface area contributed by atoms with Gasteiger partial charge in [0.05, 0.1) is 16.9 Å². The van der Waals surface area contributed by atoms with Crippen LogP contribution in [0, 0.1) is 11.6 Å². The number of aliphatic hydroxyl groups is 1. The molecule has 0 fully saturated rings. The van der Waals surface area contributed by atoms with Crippen molar-refractivity contribution in [3.05, 3.63) is 58.7 Å². The molecule has 0 aliphatic carbocycles. The van der Waals surface area contributed by atoms with E-state index in [1.807, 2.05) is 0 Å². The van der Waals surface area contributed by atoms with Gasteiger partial charge in [-0.1, -0.05) is 24.4 Å². The first-order valence-corrected chi connectivity index (χ1v) is 9.80. The highest BCUT2D eigenvalue weighted by atomic mass is 35.5. The maximum absolute atomic E-state index is 13.5. The predicted molar refractivity (Wildman–Crippen MR) is 91.1 cm³/mol. The zero-order valence-electron chi connectivity index (χ0n) is 13.3. The van der Waals surface area contributed by atoms with Crippen molar-refractivity contribution in [2.24, 2.45) is 0 Å². The lowest BCUT2D eigenvalue weighted by Gasteiger charge is -2.12. The smallest absolute Gasteiger partial charge is 0.195 e. The molecule has 0 bridgehead atoms. The van der Waals surface area contributed by atoms with Crippen LogP contribution >= 0.6 is 11.6 Å². The van der Waals surface area contributed by atoms with Crippen molar-refractivity contribution < 1.29 is 22.3 Å². The Balaban J connectivity index is 1.79. The minimum atomic E-state index is -3.48. The van der Waals surface area contributed by atoms with Crippen molar-refractivity contribution in [2.75, 3.05) is 5.75 Å². The van der Waals surface area contributed by atoms with Gasteiger partial charge in [-0.2, -0.15) is 0 Å². The van der Waals surface area contributed by atoms with Gasteiger partial charge in [0, 0.05) is 11.8 Å². The average Bonchev–Trinajstić information content (AvgIpc) is 2.57. The number of pyridine rings is 1. The van der Waals surface area contributed by atoms with Gasteiger partial charge in [-0.25, -0.2) is 22.2 Å². The first-order chi connectivity index (χ1) is 11.8. The van der Waals surface area contributed by atoms with E-state index in [1.165, 1.54) is 18.3 Å². The molecule has 4 nitrogen and oxygen atoms in total. The van der Waals surface area contributed by atoms with Crippen molar-refractivity contribution in [1.29, 1.82) is 0 Å². The number of sulfone groups is 1. The normalized spacial score (nSPS) is 13.0. The Morgan fingerprint density at radius 3 is 2.56 bits per heavy atom. The van der Waals surface area contributed by atoms with Gasteiger partial charge < -0.3 is 5.11 Å². The third-order valence-corrected chi connectivity index (χ3v) is 5.66. The topological polar surface area (TPSA) is 67.3 Å². The number of aromatic nitrogens is 1. The number of halogens is 3. The maximum atomic E-state index is 13.5. The van der Waals surface area contributed by atoms with E-state index in [2.05, 4.69) is 4.98 Å². The lowest BCUT2D eigenvalue weighted by Crippen LogP contribution is -2.09. The summed E-state index contributed by atoms with van der Waals surface area (Å²) in [6.07, 6.45) is 1.77. The molecule has 0 aliphatic rings.